The van der Waals surface area contributed by atoms with Crippen molar-refractivity contribution in [2.75, 3.05) is 0 Å². The molecule has 1 unspecified atom stereocenters. The molecule has 2 rings (SSSR count). The molecule has 0 radical (unpaired) electrons. The van der Waals surface area contributed by atoms with Crippen LogP contribution in [0.1, 0.15) is 18.9 Å². The van der Waals surface area contributed by atoms with Crippen LogP contribution in [0.15, 0.2) is 46.7 Å². The van der Waals surface area contributed by atoms with E-state index in [0.29, 0.717) is 0 Å². The molecule has 0 fully saturated rings. The van der Waals surface area contributed by atoms with E-state index in [-0.39, 0.29) is 6.04 Å². The van der Waals surface area contributed by atoms with Crippen molar-refractivity contribution in [1.29, 1.82) is 0 Å². The Morgan fingerprint density at radius 2 is 2.21 bits per heavy atom. The lowest BCUT2D eigenvalue weighted by Crippen LogP contribution is -2.21. The zero-order chi connectivity index (χ0) is 13.7. The van der Waals surface area contributed by atoms with Crippen LogP contribution in [0.3, 0.4) is 0 Å². The quantitative estimate of drug-likeness (QED) is 0.916. The van der Waals surface area contributed by atoms with Gasteiger partial charge in [-0.1, -0.05) is 36.4 Å². The van der Waals surface area contributed by atoms with E-state index >= 15 is 0 Å². The SMILES string of the molecule is CCC(N)Cc1ccc(Sc2cnccn2)cc1Cl. The predicted molar refractivity (Wildman–Crippen MR) is 79.6 cm³/mol. The maximum absolute atomic E-state index is 6.29. The Morgan fingerprint density at radius 3 is 2.84 bits per heavy atom. The normalized spacial score (nSPS) is 12.4. The van der Waals surface area contributed by atoms with Crippen molar-refractivity contribution in [3.8, 4) is 0 Å². The Bertz CT molecular complexity index is 533. The van der Waals surface area contributed by atoms with E-state index in [1.807, 2.05) is 18.2 Å². The van der Waals surface area contributed by atoms with Crippen LogP contribution in [0, 0.1) is 0 Å². The van der Waals surface area contributed by atoms with E-state index < -0.39 is 0 Å². The highest BCUT2D eigenvalue weighted by Gasteiger charge is 2.07. The maximum atomic E-state index is 6.29. The third kappa shape index (κ3) is 4.20. The predicted octanol–water partition coefficient (Wildman–Crippen LogP) is 3.56. The molecular formula is C14H16ClN3S. The van der Waals surface area contributed by atoms with Gasteiger partial charge in [0.15, 0.2) is 0 Å². The highest BCUT2D eigenvalue weighted by molar-refractivity contribution is 7.99. The van der Waals surface area contributed by atoms with Crippen molar-refractivity contribution in [2.45, 2.75) is 35.7 Å². The van der Waals surface area contributed by atoms with Gasteiger partial charge in [0.25, 0.3) is 0 Å². The minimum Gasteiger partial charge on any atom is -0.327 e. The fourth-order valence-electron chi connectivity index (χ4n) is 1.64. The van der Waals surface area contributed by atoms with Gasteiger partial charge < -0.3 is 5.73 Å². The molecule has 3 nitrogen and oxygen atoms in total. The van der Waals surface area contributed by atoms with E-state index in [1.165, 1.54) is 0 Å². The molecule has 2 aromatic rings. The second-order valence-corrected chi connectivity index (χ2v) is 5.77. The first-order valence-electron chi connectivity index (χ1n) is 6.17. The summed E-state index contributed by atoms with van der Waals surface area (Å²) in [6.07, 6.45) is 6.84. The molecule has 1 aromatic carbocycles. The van der Waals surface area contributed by atoms with Gasteiger partial charge in [-0.05, 0) is 30.5 Å². The average molecular weight is 294 g/mol. The highest BCUT2D eigenvalue weighted by atomic mass is 35.5. The van der Waals surface area contributed by atoms with Crippen molar-refractivity contribution in [2.24, 2.45) is 5.73 Å². The van der Waals surface area contributed by atoms with Gasteiger partial charge in [0.1, 0.15) is 5.03 Å². The van der Waals surface area contributed by atoms with Crippen molar-refractivity contribution >= 4 is 23.4 Å². The number of hydrogen-bond donors (Lipinski definition) is 1. The van der Waals surface area contributed by atoms with E-state index in [4.69, 9.17) is 17.3 Å². The summed E-state index contributed by atoms with van der Waals surface area (Å²) >= 11 is 7.84. The fraction of sp³-hybridized carbons (Fsp3) is 0.286. The standard InChI is InChI=1S/C14H16ClN3S/c1-2-11(16)7-10-3-4-12(8-13(10)15)19-14-9-17-5-6-18-14/h3-6,8-9,11H,2,7,16H2,1H3. The summed E-state index contributed by atoms with van der Waals surface area (Å²) in [6, 6.07) is 6.20. The molecule has 1 atom stereocenters. The molecule has 0 aliphatic heterocycles. The fourth-order valence-corrected chi connectivity index (χ4v) is 2.75. The van der Waals surface area contributed by atoms with Gasteiger partial charge in [0.05, 0.1) is 6.20 Å². The largest absolute Gasteiger partial charge is 0.327 e. The molecule has 0 spiro atoms. The monoisotopic (exact) mass is 293 g/mol. The Hall–Kier alpha value is -1.10. The van der Waals surface area contributed by atoms with Crippen LogP contribution >= 0.6 is 23.4 Å². The van der Waals surface area contributed by atoms with Crippen molar-refractivity contribution in [3.63, 3.8) is 0 Å². The Kier molecular flexibility index (Phi) is 5.19. The molecule has 19 heavy (non-hydrogen) atoms. The summed E-state index contributed by atoms with van der Waals surface area (Å²) in [7, 11) is 0. The second kappa shape index (κ2) is 6.89. The van der Waals surface area contributed by atoms with Crippen LogP contribution in [-0.4, -0.2) is 16.0 Å². The molecule has 1 heterocycles. The van der Waals surface area contributed by atoms with Crippen LogP contribution in [0.25, 0.3) is 0 Å². The first-order chi connectivity index (χ1) is 9.19. The van der Waals surface area contributed by atoms with Gasteiger partial charge in [-0.15, -0.1) is 0 Å². The van der Waals surface area contributed by atoms with E-state index in [9.17, 15) is 0 Å². The molecule has 0 bridgehead atoms. The molecule has 0 amide bonds. The molecule has 2 N–H and O–H groups in total. The average Bonchev–Trinajstić information content (AvgIpc) is 2.43. The number of halogens is 1. The molecule has 100 valence electrons. The number of aromatic nitrogens is 2. The minimum atomic E-state index is 0.163. The molecule has 0 saturated carbocycles. The summed E-state index contributed by atoms with van der Waals surface area (Å²) in [5.74, 6) is 0. The summed E-state index contributed by atoms with van der Waals surface area (Å²) in [5, 5.41) is 1.62. The number of hydrogen-bond acceptors (Lipinski definition) is 4. The third-order valence-corrected chi connectivity index (χ3v) is 4.05. The molecule has 5 heteroatoms. The smallest absolute Gasteiger partial charge is 0.119 e. The Morgan fingerprint density at radius 1 is 1.37 bits per heavy atom. The summed E-state index contributed by atoms with van der Waals surface area (Å²) in [6.45, 7) is 2.08. The van der Waals surface area contributed by atoms with E-state index in [1.54, 1.807) is 30.4 Å². The lowest BCUT2D eigenvalue weighted by atomic mass is 10.1. The van der Waals surface area contributed by atoms with Gasteiger partial charge >= 0.3 is 0 Å². The number of rotatable bonds is 5. The number of nitrogens with zero attached hydrogens (tertiary/aromatic N) is 2. The number of benzene rings is 1. The van der Waals surface area contributed by atoms with E-state index in [0.717, 1.165) is 33.3 Å². The van der Waals surface area contributed by atoms with Crippen LogP contribution in [0.5, 0.6) is 0 Å². The van der Waals surface area contributed by atoms with Gasteiger partial charge in [-0.25, -0.2) is 4.98 Å². The summed E-state index contributed by atoms with van der Waals surface area (Å²) in [5.41, 5.74) is 7.05. The number of nitrogens with two attached hydrogens (primary N) is 1. The topological polar surface area (TPSA) is 51.8 Å². The molecular weight excluding hydrogens is 278 g/mol. The van der Waals surface area contributed by atoms with Crippen LogP contribution in [0.2, 0.25) is 5.02 Å². The summed E-state index contributed by atoms with van der Waals surface area (Å²) in [4.78, 5) is 9.32. The maximum Gasteiger partial charge on any atom is 0.119 e. The molecule has 0 aliphatic rings. The minimum absolute atomic E-state index is 0.163. The lowest BCUT2D eigenvalue weighted by molar-refractivity contribution is 0.646. The van der Waals surface area contributed by atoms with Crippen LogP contribution in [-0.2, 0) is 6.42 Å². The Balaban J connectivity index is 2.10. The molecule has 0 saturated heterocycles. The zero-order valence-corrected chi connectivity index (χ0v) is 12.3. The summed E-state index contributed by atoms with van der Waals surface area (Å²) < 4.78 is 0. The van der Waals surface area contributed by atoms with Gasteiger partial charge in [0.2, 0.25) is 0 Å². The van der Waals surface area contributed by atoms with Gasteiger partial charge in [-0.2, -0.15) is 0 Å². The third-order valence-electron chi connectivity index (χ3n) is 2.79. The molecule has 0 aliphatic carbocycles. The van der Waals surface area contributed by atoms with Crippen molar-refractivity contribution < 1.29 is 0 Å². The highest BCUT2D eigenvalue weighted by Crippen LogP contribution is 2.29. The van der Waals surface area contributed by atoms with Gasteiger partial charge in [0, 0.05) is 28.4 Å². The van der Waals surface area contributed by atoms with E-state index in [2.05, 4.69) is 16.9 Å². The second-order valence-electron chi connectivity index (χ2n) is 4.27. The molecule has 1 aromatic heterocycles. The van der Waals surface area contributed by atoms with Crippen LogP contribution in [0.4, 0.5) is 0 Å². The Labute approximate surface area is 122 Å². The first-order valence-corrected chi connectivity index (χ1v) is 7.36. The first kappa shape index (κ1) is 14.3. The zero-order valence-electron chi connectivity index (χ0n) is 10.7. The van der Waals surface area contributed by atoms with Crippen molar-refractivity contribution in [1.82, 2.24) is 9.97 Å². The van der Waals surface area contributed by atoms with Crippen molar-refractivity contribution in [3.05, 3.63) is 47.4 Å². The van der Waals surface area contributed by atoms with Gasteiger partial charge in [-0.3, -0.25) is 4.98 Å². The lowest BCUT2D eigenvalue weighted by Gasteiger charge is -2.11. The van der Waals surface area contributed by atoms with Crippen LogP contribution < -0.4 is 5.73 Å².